The Labute approximate surface area is 123 Å². The third-order valence-corrected chi connectivity index (χ3v) is 6.23. The first-order valence-corrected chi connectivity index (χ1v) is 9.14. The van der Waals surface area contributed by atoms with E-state index in [1.807, 2.05) is 0 Å². The Bertz CT molecular complexity index is 652. The largest absolute Gasteiger partial charge is 0.480 e. The van der Waals surface area contributed by atoms with E-state index in [0.717, 1.165) is 19.3 Å². The van der Waals surface area contributed by atoms with Crippen LogP contribution in [-0.4, -0.2) is 45.8 Å². The molecule has 1 fully saturated rings. The first kappa shape index (κ1) is 14.5. The van der Waals surface area contributed by atoms with E-state index in [1.165, 1.54) is 0 Å². The zero-order valence-electron chi connectivity index (χ0n) is 11.7. The van der Waals surface area contributed by atoms with Crippen LogP contribution in [0, 0.1) is 5.92 Å². The summed E-state index contributed by atoms with van der Waals surface area (Å²) < 4.78 is 25.1. The Kier molecular flexibility index (Phi) is 3.73. The highest BCUT2D eigenvalue weighted by atomic mass is 32.2. The first-order valence-electron chi connectivity index (χ1n) is 7.32. The molecule has 0 aliphatic carbocycles. The summed E-state index contributed by atoms with van der Waals surface area (Å²) in [6.07, 6.45) is 4.13. The SMILES string of the molecule is O=C(O)C1CCCc2nnc(CC3CCCS(=O)(=O)C3)n21. The lowest BCUT2D eigenvalue weighted by Crippen LogP contribution is -2.30. The second-order valence-corrected chi connectivity index (χ2v) is 8.20. The molecule has 1 N–H and O–H groups in total. The predicted molar refractivity (Wildman–Crippen MR) is 74.7 cm³/mol. The van der Waals surface area contributed by atoms with Crippen LogP contribution in [0.3, 0.4) is 0 Å². The van der Waals surface area contributed by atoms with Crippen molar-refractivity contribution < 1.29 is 18.3 Å². The number of carbonyl (C=O) groups is 1. The van der Waals surface area contributed by atoms with Gasteiger partial charge in [0.25, 0.3) is 0 Å². The van der Waals surface area contributed by atoms with Gasteiger partial charge in [-0.2, -0.15) is 0 Å². The molecule has 1 saturated heterocycles. The highest BCUT2D eigenvalue weighted by Gasteiger charge is 2.32. The van der Waals surface area contributed by atoms with Crippen molar-refractivity contribution in [2.45, 2.75) is 44.6 Å². The third kappa shape index (κ3) is 2.95. The average molecular weight is 313 g/mol. The monoisotopic (exact) mass is 313 g/mol. The number of nitrogens with zero attached hydrogens (tertiary/aromatic N) is 3. The zero-order chi connectivity index (χ0) is 15.0. The molecule has 0 amide bonds. The number of carboxylic acid groups (broad SMARTS) is 1. The summed E-state index contributed by atoms with van der Waals surface area (Å²) in [5, 5.41) is 17.6. The molecule has 116 valence electrons. The number of hydrogen-bond donors (Lipinski definition) is 1. The van der Waals surface area contributed by atoms with Crippen molar-refractivity contribution in [3.63, 3.8) is 0 Å². The lowest BCUT2D eigenvalue weighted by Gasteiger charge is -2.25. The maximum absolute atomic E-state index is 11.7. The van der Waals surface area contributed by atoms with E-state index in [2.05, 4.69) is 10.2 Å². The van der Waals surface area contributed by atoms with Crippen LogP contribution in [0.15, 0.2) is 0 Å². The minimum atomic E-state index is -2.96. The van der Waals surface area contributed by atoms with Gasteiger partial charge in [0.15, 0.2) is 9.84 Å². The van der Waals surface area contributed by atoms with Gasteiger partial charge < -0.3 is 9.67 Å². The fourth-order valence-electron chi connectivity index (χ4n) is 3.38. The molecule has 2 unspecified atom stereocenters. The summed E-state index contributed by atoms with van der Waals surface area (Å²) in [6, 6.07) is -0.612. The summed E-state index contributed by atoms with van der Waals surface area (Å²) in [5.74, 6) is 0.926. The Balaban J connectivity index is 1.84. The van der Waals surface area contributed by atoms with E-state index >= 15 is 0 Å². The van der Waals surface area contributed by atoms with Crippen LogP contribution < -0.4 is 0 Å². The lowest BCUT2D eigenvalue weighted by atomic mass is 9.99. The van der Waals surface area contributed by atoms with Gasteiger partial charge in [-0.25, -0.2) is 13.2 Å². The molecule has 3 heterocycles. The minimum Gasteiger partial charge on any atom is -0.480 e. The molecular formula is C13H19N3O4S. The van der Waals surface area contributed by atoms with Crippen LogP contribution in [0.1, 0.15) is 43.4 Å². The molecule has 1 aromatic rings. The Morgan fingerprint density at radius 2 is 2.10 bits per heavy atom. The summed E-state index contributed by atoms with van der Waals surface area (Å²) in [4.78, 5) is 11.4. The number of aliphatic carboxylic acids is 1. The minimum absolute atomic E-state index is 0.0217. The molecule has 0 aromatic carbocycles. The lowest BCUT2D eigenvalue weighted by molar-refractivity contribution is -0.141. The molecule has 8 heteroatoms. The first-order chi connectivity index (χ1) is 9.96. The van der Waals surface area contributed by atoms with Crippen molar-refractivity contribution in [3.8, 4) is 0 Å². The Morgan fingerprint density at radius 1 is 1.29 bits per heavy atom. The summed E-state index contributed by atoms with van der Waals surface area (Å²) in [7, 11) is -2.96. The van der Waals surface area contributed by atoms with E-state index in [9.17, 15) is 18.3 Å². The van der Waals surface area contributed by atoms with Crippen LogP contribution in [0.5, 0.6) is 0 Å². The molecule has 0 saturated carbocycles. The van der Waals surface area contributed by atoms with E-state index in [0.29, 0.717) is 30.9 Å². The van der Waals surface area contributed by atoms with Gasteiger partial charge in [0, 0.05) is 12.8 Å². The molecule has 1 aromatic heterocycles. The fourth-order valence-corrected chi connectivity index (χ4v) is 5.16. The van der Waals surface area contributed by atoms with Crippen LogP contribution in [0.2, 0.25) is 0 Å². The van der Waals surface area contributed by atoms with Crippen LogP contribution >= 0.6 is 0 Å². The normalized spacial score (nSPS) is 28.0. The second kappa shape index (κ2) is 5.40. The highest BCUT2D eigenvalue weighted by molar-refractivity contribution is 7.91. The van der Waals surface area contributed by atoms with Gasteiger partial charge in [-0.3, -0.25) is 0 Å². The number of sulfone groups is 1. The van der Waals surface area contributed by atoms with Crippen molar-refractivity contribution in [1.82, 2.24) is 14.8 Å². The average Bonchev–Trinajstić information content (AvgIpc) is 2.81. The standard InChI is InChI=1S/C13H19N3O4S/c17-13(18)10-4-1-5-11-14-15-12(16(10)11)7-9-3-2-6-21(19,20)8-9/h9-10H,1-8H2,(H,17,18). The van der Waals surface area contributed by atoms with Crippen LogP contribution in [0.4, 0.5) is 0 Å². The van der Waals surface area contributed by atoms with Gasteiger partial charge in [-0.15, -0.1) is 10.2 Å². The molecule has 2 aliphatic heterocycles. The zero-order valence-corrected chi connectivity index (χ0v) is 12.5. The summed E-state index contributed by atoms with van der Waals surface area (Å²) in [6.45, 7) is 0. The number of aryl methyl sites for hydroxylation is 1. The number of aromatic nitrogens is 3. The van der Waals surface area contributed by atoms with E-state index in [4.69, 9.17) is 0 Å². The number of rotatable bonds is 3. The van der Waals surface area contributed by atoms with Gasteiger partial charge in [0.05, 0.1) is 11.5 Å². The number of hydrogen-bond acceptors (Lipinski definition) is 5. The van der Waals surface area contributed by atoms with Crippen molar-refractivity contribution in [3.05, 3.63) is 11.6 Å². The Morgan fingerprint density at radius 3 is 2.81 bits per heavy atom. The molecule has 0 radical (unpaired) electrons. The summed E-state index contributed by atoms with van der Waals surface area (Å²) in [5.41, 5.74) is 0. The van der Waals surface area contributed by atoms with Gasteiger partial charge in [0.2, 0.25) is 0 Å². The van der Waals surface area contributed by atoms with Gasteiger partial charge in [0.1, 0.15) is 17.7 Å². The van der Waals surface area contributed by atoms with E-state index in [-0.39, 0.29) is 17.4 Å². The van der Waals surface area contributed by atoms with Crippen molar-refractivity contribution in [1.29, 1.82) is 0 Å². The molecule has 3 rings (SSSR count). The maximum Gasteiger partial charge on any atom is 0.326 e. The second-order valence-electron chi connectivity index (χ2n) is 5.98. The highest BCUT2D eigenvalue weighted by Crippen LogP contribution is 2.28. The van der Waals surface area contributed by atoms with E-state index < -0.39 is 21.8 Å². The molecule has 2 aliphatic rings. The predicted octanol–water partition coefficient (Wildman–Crippen LogP) is 0.607. The topological polar surface area (TPSA) is 102 Å². The quantitative estimate of drug-likeness (QED) is 0.877. The van der Waals surface area contributed by atoms with Crippen LogP contribution in [0.25, 0.3) is 0 Å². The van der Waals surface area contributed by atoms with Crippen molar-refractivity contribution in [2.24, 2.45) is 5.92 Å². The van der Waals surface area contributed by atoms with E-state index in [1.54, 1.807) is 4.57 Å². The molecule has 0 spiro atoms. The van der Waals surface area contributed by atoms with Gasteiger partial charge in [-0.05, 0) is 31.6 Å². The Hall–Kier alpha value is -1.44. The molecule has 21 heavy (non-hydrogen) atoms. The molecule has 2 atom stereocenters. The molecule has 7 nitrogen and oxygen atoms in total. The smallest absolute Gasteiger partial charge is 0.326 e. The van der Waals surface area contributed by atoms with Gasteiger partial charge in [-0.1, -0.05) is 0 Å². The number of carboxylic acids is 1. The third-order valence-electron chi connectivity index (χ3n) is 4.34. The fraction of sp³-hybridized carbons (Fsp3) is 0.769. The van der Waals surface area contributed by atoms with Crippen molar-refractivity contribution in [2.75, 3.05) is 11.5 Å². The molecule has 0 bridgehead atoms. The van der Waals surface area contributed by atoms with Gasteiger partial charge >= 0.3 is 5.97 Å². The van der Waals surface area contributed by atoms with Crippen molar-refractivity contribution >= 4 is 15.8 Å². The summed E-state index contributed by atoms with van der Waals surface area (Å²) >= 11 is 0. The van der Waals surface area contributed by atoms with Crippen LogP contribution in [-0.2, 0) is 27.5 Å². The molecular weight excluding hydrogens is 294 g/mol. The number of fused-ring (bicyclic) bond motifs is 1. The maximum atomic E-state index is 11.7.